The van der Waals surface area contributed by atoms with Crippen molar-refractivity contribution in [2.45, 2.75) is 6.54 Å². The van der Waals surface area contributed by atoms with E-state index in [9.17, 15) is 8.78 Å². The van der Waals surface area contributed by atoms with Crippen molar-refractivity contribution in [3.8, 4) is 10.9 Å². The zero-order valence-corrected chi connectivity index (χ0v) is 9.72. The van der Waals surface area contributed by atoms with E-state index in [0.29, 0.717) is 6.54 Å². The van der Waals surface area contributed by atoms with Gasteiger partial charge in [-0.1, -0.05) is 16.4 Å². The summed E-state index contributed by atoms with van der Waals surface area (Å²) in [6.07, 6.45) is 0. The van der Waals surface area contributed by atoms with Gasteiger partial charge in [-0.15, -0.1) is 5.10 Å². The van der Waals surface area contributed by atoms with Gasteiger partial charge in [0, 0.05) is 12.6 Å². The molecule has 0 aliphatic heterocycles. The highest BCUT2D eigenvalue weighted by Gasteiger charge is 2.10. The predicted molar refractivity (Wildman–Crippen MR) is 59.1 cm³/mol. The summed E-state index contributed by atoms with van der Waals surface area (Å²) < 4.78 is 31.1. The quantitative estimate of drug-likeness (QED) is 0.913. The van der Waals surface area contributed by atoms with Crippen molar-refractivity contribution in [1.29, 1.82) is 0 Å². The number of nitrogens with one attached hydrogen (secondary N) is 1. The van der Waals surface area contributed by atoms with E-state index >= 15 is 0 Å². The number of aromatic nitrogens is 2. The Bertz CT molecular complexity index is 518. The predicted octanol–water partition coefficient (Wildman–Crippen LogP) is 2.33. The molecule has 17 heavy (non-hydrogen) atoms. The Kier molecular flexibility index (Phi) is 3.60. The minimum Gasteiger partial charge on any atom is -0.427 e. The molecule has 0 radical (unpaired) electrons. The molecule has 0 amide bonds. The van der Waals surface area contributed by atoms with Gasteiger partial charge < -0.3 is 10.1 Å². The van der Waals surface area contributed by atoms with Gasteiger partial charge in [-0.05, 0) is 19.2 Å². The molecule has 7 heteroatoms. The molecule has 1 N–H and O–H groups in total. The van der Waals surface area contributed by atoms with Gasteiger partial charge in [0.1, 0.15) is 10.8 Å². The first-order chi connectivity index (χ1) is 8.19. The van der Waals surface area contributed by atoms with Gasteiger partial charge in [-0.3, -0.25) is 0 Å². The zero-order chi connectivity index (χ0) is 12.3. The van der Waals surface area contributed by atoms with E-state index in [1.165, 1.54) is 17.4 Å². The maximum absolute atomic E-state index is 13.3. The molecule has 0 fully saturated rings. The van der Waals surface area contributed by atoms with Crippen LogP contribution in [0.15, 0.2) is 18.2 Å². The van der Waals surface area contributed by atoms with E-state index in [-0.39, 0.29) is 10.9 Å². The van der Waals surface area contributed by atoms with Gasteiger partial charge in [-0.2, -0.15) is 0 Å². The van der Waals surface area contributed by atoms with Crippen molar-refractivity contribution in [3.05, 3.63) is 34.8 Å². The lowest BCUT2D eigenvalue weighted by molar-refractivity contribution is 0.431. The van der Waals surface area contributed by atoms with Gasteiger partial charge >= 0.3 is 0 Å². The molecule has 1 aromatic carbocycles. The molecule has 0 saturated carbocycles. The summed E-state index contributed by atoms with van der Waals surface area (Å²) in [4.78, 5) is 0. The molecule has 0 aliphatic rings. The number of halogens is 2. The summed E-state index contributed by atoms with van der Waals surface area (Å²) in [6, 6.07) is 3.09. The number of nitrogens with zero attached hydrogens (tertiary/aromatic N) is 2. The molecule has 0 saturated heterocycles. The maximum Gasteiger partial charge on any atom is 0.299 e. The fourth-order valence-electron chi connectivity index (χ4n) is 1.15. The minimum atomic E-state index is -0.768. The van der Waals surface area contributed by atoms with Gasteiger partial charge in [0.05, 0.1) is 0 Å². The molecule has 0 aliphatic carbocycles. The van der Waals surface area contributed by atoms with Crippen molar-refractivity contribution in [2.24, 2.45) is 0 Å². The normalized spacial score (nSPS) is 10.5. The topological polar surface area (TPSA) is 47.0 Å². The molecule has 0 unspecified atom stereocenters. The number of ether oxygens (including phenoxy) is 1. The fourth-order valence-corrected chi connectivity index (χ4v) is 1.87. The largest absolute Gasteiger partial charge is 0.427 e. The summed E-state index contributed by atoms with van der Waals surface area (Å²) in [6.45, 7) is 0.562. The molecule has 1 heterocycles. The van der Waals surface area contributed by atoms with Crippen LogP contribution in [-0.4, -0.2) is 17.2 Å². The third kappa shape index (κ3) is 2.95. The first kappa shape index (κ1) is 11.9. The highest BCUT2D eigenvalue weighted by Crippen LogP contribution is 2.27. The number of benzene rings is 1. The molecule has 2 aromatic rings. The smallest absolute Gasteiger partial charge is 0.299 e. The molecular weight excluding hydrogens is 248 g/mol. The second-order valence-electron chi connectivity index (χ2n) is 3.17. The van der Waals surface area contributed by atoms with E-state index in [4.69, 9.17) is 4.74 Å². The van der Waals surface area contributed by atoms with Crippen LogP contribution in [0.5, 0.6) is 10.9 Å². The minimum absolute atomic E-state index is 0.0708. The summed E-state index contributed by atoms with van der Waals surface area (Å²) in [5.74, 6) is -1.49. The molecule has 0 bridgehead atoms. The molecule has 0 atom stereocenters. The third-order valence-electron chi connectivity index (χ3n) is 1.87. The average molecular weight is 257 g/mol. The van der Waals surface area contributed by atoms with Crippen LogP contribution in [0.4, 0.5) is 8.78 Å². The van der Waals surface area contributed by atoms with Crippen molar-refractivity contribution >= 4 is 11.3 Å². The Hall–Kier alpha value is -1.60. The lowest BCUT2D eigenvalue weighted by atomic mass is 10.3. The zero-order valence-electron chi connectivity index (χ0n) is 8.91. The Morgan fingerprint density at radius 1 is 1.35 bits per heavy atom. The number of hydrogen-bond acceptors (Lipinski definition) is 5. The lowest BCUT2D eigenvalue weighted by Crippen LogP contribution is -2.04. The van der Waals surface area contributed by atoms with E-state index in [1.54, 1.807) is 7.05 Å². The van der Waals surface area contributed by atoms with E-state index in [1.807, 2.05) is 0 Å². The third-order valence-corrected chi connectivity index (χ3v) is 2.67. The van der Waals surface area contributed by atoms with Crippen LogP contribution >= 0.6 is 11.3 Å². The molecule has 4 nitrogen and oxygen atoms in total. The monoisotopic (exact) mass is 257 g/mol. The molecule has 0 spiro atoms. The van der Waals surface area contributed by atoms with E-state index in [2.05, 4.69) is 15.5 Å². The SMILES string of the molecule is CNCc1nnc(Oc2ccc(F)cc2F)s1. The molecule has 1 aromatic heterocycles. The molecule has 90 valence electrons. The standard InChI is InChI=1S/C10H9F2N3OS/c1-13-5-9-14-15-10(17-9)16-8-3-2-6(11)4-7(8)12/h2-4,13H,5H2,1H3. The van der Waals surface area contributed by atoms with Crippen LogP contribution in [0.25, 0.3) is 0 Å². The highest BCUT2D eigenvalue weighted by molar-refractivity contribution is 7.13. The van der Waals surface area contributed by atoms with Crippen LogP contribution in [0, 0.1) is 11.6 Å². The van der Waals surface area contributed by atoms with Crippen LogP contribution < -0.4 is 10.1 Å². The second-order valence-corrected chi connectivity index (χ2v) is 4.19. The van der Waals surface area contributed by atoms with Crippen LogP contribution in [0.3, 0.4) is 0 Å². The highest BCUT2D eigenvalue weighted by atomic mass is 32.1. The first-order valence-corrected chi connectivity index (χ1v) is 5.60. The van der Waals surface area contributed by atoms with Crippen molar-refractivity contribution in [3.63, 3.8) is 0 Å². The number of hydrogen-bond donors (Lipinski definition) is 1. The lowest BCUT2D eigenvalue weighted by Gasteiger charge is -2.01. The average Bonchev–Trinajstić information content (AvgIpc) is 2.71. The van der Waals surface area contributed by atoms with Crippen LogP contribution in [0.1, 0.15) is 5.01 Å². The van der Waals surface area contributed by atoms with Crippen molar-refractivity contribution in [1.82, 2.24) is 15.5 Å². The summed E-state index contributed by atoms with van der Waals surface area (Å²) >= 11 is 1.20. The summed E-state index contributed by atoms with van der Waals surface area (Å²) in [5, 5.41) is 11.4. The van der Waals surface area contributed by atoms with Crippen molar-refractivity contribution in [2.75, 3.05) is 7.05 Å². The van der Waals surface area contributed by atoms with Crippen LogP contribution in [-0.2, 0) is 6.54 Å². The maximum atomic E-state index is 13.3. The fraction of sp³-hybridized carbons (Fsp3) is 0.200. The van der Waals surface area contributed by atoms with E-state index < -0.39 is 11.6 Å². The van der Waals surface area contributed by atoms with Gasteiger partial charge in [0.15, 0.2) is 11.6 Å². The molecular formula is C10H9F2N3OS. The summed E-state index contributed by atoms with van der Waals surface area (Å²) in [5.41, 5.74) is 0. The Morgan fingerprint density at radius 3 is 2.88 bits per heavy atom. The summed E-state index contributed by atoms with van der Waals surface area (Å²) in [7, 11) is 1.78. The van der Waals surface area contributed by atoms with Gasteiger partial charge in [0.2, 0.25) is 0 Å². The Labute approximate surface area is 100 Å². The Morgan fingerprint density at radius 2 is 2.18 bits per heavy atom. The van der Waals surface area contributed by atoms with Gasteiger partial charge in [0.25, 0.3) is 5.19 Å². The number of rotatable bonds is 4. The molecule has 2 rings (SSSR count). The van der Waals surface area contributed by atoms with E-state index in [0.717, 1.165) is 17.1 Å². The van der Waals surface area contributed by atoms with Gasteiger partial charge in [-0.25, -0.2) is 8.78 Å². The van der Waals surface area contributed by atoms with Crippen molar-refractivity contribution < 1.29 is 13.5 Å². The Balaban J connectivity index is 2.13. The second kappa shape index (κ2) is 5.15. The van der Waals surface area contributed by atoms with Crippen LogP contribution in [0.2, 0.25) is 0 Å². The first-order valence-electron chi connectivity index (χ1n) is 4.79.